The molecule has 3 aromatic rings. The van der Waals surface area contributed by atoms with Crippen molar-refractivity contribution in [3.63, 3.8) is 0 Å². The number of carbonyl (C=O) groups excluding carboxylic acids is 3. The number of rotatable bonds is 6. The number of furan rings is 1. The van der Waals surface area contributed by atoms with Gasteiger partial charge in [-0.2, -0.15) is 0 Å². The smallest absolute Gasteiger partial charge is 0.338 e. The first-order chi connectivity index (χ1) is 13.9. The molecule has 3 rings (SSSR count). The molecule has 0 spiro atoms. The minimum atomic E-state index is -0.678. The molecule has 7 nitrogen and oxygen atoms in total. The van der Waals surface area contributed by atoms with Crippen molar-refractivity contribution < 1.29 is 23.5 Å². The average Bonchev–Trinajstić information content (AvgIpc) is 3.23. The van der Waals surface area contributed by atoms with Crippen LogP contribution in [0.5, 0.6) is 0 Å². The van der Waals surface area contributed by atoms with Crippen LogP contribution in [0.2, 0.25) is 0 Å². The summed E-state index contributed by atoms with van der Waals surface area (Å²) in [5.41, 5.74) is 1.99. The number of anilines is 2. The van der Waals surface area contributed by atoms with Gasteiger partial charge in [0.2, 0.25) is 0 Å². The molecule has 0 aliphatic carbocycles. The van der Waals surface area contributed by atoms with Crippen LogP contribution in [-0.4, -0.2) is 24.4 Å². The zero-order valence-corrected chi connectivity index (χ0v) is 17.0. The molecule has 2 amide bonds. The molecule has 0 unspecified atom stereocenters. The monoisotopic (exact) mass is 456 g/mol. The predicted molar refractivity (Wildman–Crippen MR) is 111 cm³/mol. The highest BCUT2D eigenvalue weighted by Gasteiger charge is 2.15. The third-order valence-electron chi connectivity index (χ3n) is 3.91. The summed E-state index contributed by atoms with van der Waals surface area (Å²) in [4.78, 5) is 36.4. The Bertz CT molecular complexity index is 1050. The lowest BCUT2D eigenvalue weighted by Crippen LogP contribution is -2.21. The van der Waals surface area contributed by atoms with Crippen molar-refractivity contribution in [1.29, 1.82) is 0 Å². The first-order valence-corrected chi connectivity index (χ1v) is 9.40. The lowest BCUT2D eigenvalue weighted by atomic mass is 10.1. The fourth-order valence-electron chi connectivity index (χ4n) is 2.45. The van der Waals surface area contributed by atoms with E-state index < -0.39 is 24.4 Å². The molecule has 29 heavy (non-hydrogen) atoms. The maximum Gasteiger partial charge on any atom is 0.338 e. The molecule has 1 heterocycles. The minimum absolute atomic E-state index is 0.154. The molecule has 0 aliphatic heterocycles. The van der Waals surface area contributed by atoms with Gasteiger partial charge in [-0.1, -0.05) is 28.1 Å². The van der Waals surface area contributed by atoms with Crippen LogP contribution in [0.15, 0.2) is 69.8 Å². The summed E-state index contributed by atoms with van der Waals surface area (Å²) in [6, 6.07) is 14.9. The first-order valence-electron chi connectivity index (χ1n) is 8.60. The number of hydrogen-bond donors (Lipinski definition) is 2. The summed E-state index contributed by atoms with van der Waals surface area (Å²) in [5.74, 6) is -1.42. The molecule has 0 atom stereocenters. The summed E-state index contributed by atoms with van der Waals surface area (Å²) in [7, 11) is 0. The molecular weight excluding hydrogens is 440 g/mol. The van der Waals surface area contributed by atoms with Crippen molar-refractivity contribution in [3.8, 4) is 0 Å². The van der Waals surface area contributed by atoms with E-state index in [0.29, 0.717) is 11.4 Å². The Hall–Kier alpha value is -3.39. The third-order valence-corrected chi connectivity index (χ3v) is 4.40. The van der Waals surface area contributed by atoms with Crippen molar-refractivity contribution in [3.05, 3.63) is 82.2 Å². The van der Waals surface area contributed by atoms with Gasteiger partial charge < -0.3 is 19.8 Å². The van der Waals surface area contributed by atoms with Crippen molar-refractivity contribution in [2.75, 3.05) is 17.2 Å². The van der Waals surface area contributed by atoms with E-state index in [9.17, 15) is 14.4 Å². The molecule has 8 heteroatoms. The van der Waals surface area contributed by atoms with Crippen molar-refractivity contribution in [1.82, 2.24) is 0 Å². The van der Waals surface area contributed by atoms with Crippen LogP contribution in [0.4, 0.5) is 11.4 Å². The zero-order chi connectivity index (χ0) is 20.8. The number of esters is 1. The third kappa shape index (κ3) is 5.55. The van der Waals surface area contributed by atoms with E-state index in [1.165, 1.54) is 18.4 Å². The molecule has 0 radical (unpaired) electrons. The van der Waals surface area contributed by atoms with Gasteiger partial charge in [0.05, 0.1) is 11.8 Å². The molecule has 2 N–H and O–H groups in total. The topological polar surface area (TPSA) is 97.6 Å². The van der Waals surface area contributed by atoms with Crippen molar-refractivity contribution >= 4 is 45.1 Å². The van der Waals surface area contributed by atoms with Crippen LogP contribution in [0.3, 0.4) is 0 Å². The highest BCUT2D eigenvalue weighted by molar-refractivity contribution is 9.10. The van der Waals surface area contributed by atoms with Gasteiger partial charge in [0.25, 0.3) is 11.8 Å². The number of halogens is 1. The van der Waals surface area contributed by atoms with Gasteiger partial charge in [0.15, 0.2) is 12.4 Å². The summed E-state index contributed by atoms with van der Waals surface area (Å²) in [5, 5.41) is 5.32. The molecule has 0 saturated carbocycles. The van der Waals surface area contributed by atoms with E-state index in [-0.39, 0.29) is 11.3 Å². The van der Waals surface area contributed by atoms with E-state index in [2.05, 4.69) is 26.6 Å². The summed E-state index contributed by atoms with van der Waals surface area (Å²) in [6.45, 7) is 1.35. The first kappa shape index (κ1) is 20.3. The largest absolute Gasteiger partial charge is 0.459 e. The Morgan fingerprint density at radius 3 is 2.59 bits per heavy atom. The van der Waals surface area contributed by atoms with Gasteiger partial charge in [-0.25, -0.2) is 4.79 Å². The van der Waals surface area contributed by atoms with Crippen molar-refractivity contribution in [2.24, 2.45) is 0 Å². The Balaban J connectivity index is 1.60. The van der Waals surface area contributed by atoms with Crippen LogP contribution in [-0.2, 0) is 9.53 Å². The SMILES string of the molecule is Cc1ccc(C(=O)OCC(=O)Nc2cccc(Br)c2)cc1NC(=O)c1ccco1. The number of benzene rings is 2. The van der Waals surface area contributed by atoms with E-state index in [4.69, 9.17) is 9.15 Å². The standard InChI is InChI=1S/C21H17BrN2O5/c1-13-7-8-14(10-17(13)24-20(26)18-6-3-9-28-18)21(27)29-12-19(25)23-16-5-2-4-15(22)11-16/h2-11H,12H2,1H3,(H,23,25)(H,24,26). The second-order valence-corrected chi connectivity index (χ2v) is 7.01. The van der Waals surface area contributed by atoms with Crippen LogP contribution < -0.4 is 10.6 Å². The van der Waals surface area contributed by atoms with Gasteiger partial charge >= 0.3 is 5.97 Å². The minimum Gasteiger partial charge on any atom is -0.459 e. The predicted octanol–water partition coefficient (Wildman–Crippen LogP) is 4.40. The van der Waals surface area contributed by atoms with Gasteiger partial charge in [-0.15, -0.1) is 0 Å². The van der Waals surface area contributed by atoms with E-state index in [0.717, 1.165) is 10.0 Å². The van der Waals surface area contributed by atoms with E-state index in [1.54, 1.807) is 43.3 Å². The highest BCUT2D eigenvalue weighted by atomic mass is 79.9. The van der Waals surface area contributed by atoms with Crippen molar-refractivity contribution in [2.45, 2.75) is 6.92 Å². The fourth-order valence-corrected chi connectivity index (χ4v) is 2.85. The molecule has 0 bridgehead atoms. The molecule has 2 aromatic carbocycles. The Kier molecular flexibility index (Phi) is 6.46. The van der Waals surface area contributed by atoms with Crippen LogP contribution in [0, 0.1) is 6.92 Å². The number of hydrogen-bond acceptors (Lipinski definition) is 5. The zero-order valence-electron chi connectivity index (χ0n) is 15.4. The molecule has 0 aliphatic rings. The summed E-state index contributed by atoms with van der Waals surface area (Å²) >= 11 is 3.31. The Morgan fingerprint density at radius 1 is 1.03 bits per heavy atom. The summed E-state index contributed by atoms with van der Waals surface area (Å²) < 4.78 is 10.9. The van der Waals surface area contributed by atoms with Gasteiger partial charge in [0.1, 0.15) is 0 Å². The average molecular weight is 457 g/mol. The lowest BCUT2D eigenvalue weighted by molar-refractivity contribution is -0.119. The van der Waals surface area contributed by atoms with E-state index in [1.807, 2.05) is 6.07 Å². The maximum atomic E-state index is 12.3. The molecule has 1 aromatic heterocycles. The molecule has 0 fully saturated rings. The Morgan fingerprint density at radius 2 is 1.86 bits per heavy atom. The normalized spacial score (nSPS) is 10.3. The number of aryl methyl sites for hydroxylation is 1. The number of nitrogens with one attached hydrogen (secondary N) is 2. The van der Waals surface area contributed by atoms with Gasteiger partial charge in [-0.3, -0.25) is 9.59 Å². The summed E-state index contributed by atoms with van der Waals surface area (Å²) in [6.07, 6.45) is 1.40. The molecule has 148 valence electrons. The number of ether oxygens (including phenoxy) is 1. The Labute approximate surface area is 175 Å². The van der Waals surface area contributed by atoms with Crippen LogP contribution in [0.1, 0.15) is 26.5 Å². The lowest BCUT2D eigenvalue weighted by Gasteiger charge is -2.10. The molecule has 0 saturated heterocycles. The maximum absolute atomic E-state index is 12.3. The van der Waals surface area contributed by atoms with Crippen LogP contribution in [0.25, 0.3) is 0 Å². The van der Waals surface area contributed by atoms with E-state index >= 15 is 0 Å². The fraction of sp³-hybridized carbons (Fsp3) is 0.0952. The van der Waals surface area contributed by atoms with Crippen LogP contribution >= 0.6 is 15.9 Å². The quantitative estimate of drug-likeness (QED) is 0.535. The second kappa shape index (κ2) is 9.20. The van der Waals surface area contributed by atoms with Gasteiger partial charge in [0, 0.05) is 15.8 Å². The number of carbonyl (C=O) groups is 3. The second-order valence-electron chi connectivity index (χ2n) is 6.10. The number of amides is 2. The highest BCUT2D eigenvalue weighted by Crippen LogP contribution is 2.19. The van der Waals surface area contributed by atoms with Gasteiger partial charge in [-0.05, 0) is 55.0 Å². The molecular formula is C21H17BrN2O5.